The van der Waals surface area contributed by atoms with Crippen molar-refractivity contribution < 1.29 is 40.3 Å². The van der Waals surface area contributed by atoms with E-state index in [1.807, 2.05) is 39.3 Å². The van der Waals surface area contributed by atoms with Crippen LogP contribution in [0.4, 0.5) is 0 Å². The molecule has 0 N–H and O–H groups in total. The molecule has 1 aliphatic heterocycles. The summed E-state index contributed by atoms with van der Waals surface area (Å²) in [6.45, 7) is 30.9. The van der Waals surface area contributed by atoms with E-state index in [4.69, 9.17) is 35.7 Å². The van der Waals surface area contributed by atoms with Crippen molar-refractivity contribution in [2.75, 3.05) is 13.7 Å². The molecule has 0 amide bonds. The van der Waals surface area contributed by atoms with Gasteiger partial charge in [-0.25, -0.2) is 4.57 Å². The average Bonchev–Trinajstić information content (AvgIpc) is 2.57. The first-order chi connectivity index (χ1) is 16.2. The van der Waals surface area contributed by atoms with Gasteiger partial charge >= 0.3 is 7.82 Å². The first-order valence-electron chi connectivity index (χ1n) is 13.1. The quantitative estimate of drug-likeness (QED) is 0.150. The van der Waals surface area contributed by atoms with E-state index in [9.17, 15) is 4.57 Å². The zero-order valence-corrected chi connectivity index (χ0v) is 32.1. The maximum Gasteiger partial charge on any atom is 0.455 e. The molecule has 0 unspecified atom stereocenters. The van der Waals surface area contributed by atoms with E-state index < -0.39 is 80.1 Å². The summed E-state index contributed by atoms with van der Waals surface area (Å²) in [5.41, 5.74) is 0. The fraction of sp³-hybridized carbons (Fsp3) is 1.00. The molecule has 222 valence electrons. The summed E-state index contributed by atoms with van der Waals surface area (Å²) < 4.78 is 64.1. The lowest BCUT2D eigenvalue weighted by atomic mass is 9.99. The van der Waals surface area contributed by atoms with E-state index in [1.54, 1.807) is 7.11 Å². The van der Waals surface area contributed by atoms with Crippen molar-refractivity contribution >= 4 is 49.4 Å². The molecule has 0 aromatic carbocycles. The standard InChI is InChI=1S/C22H55O9PSi5/c1-24-22-21(29-35(8,9)10)20(28-34(5,6)7)19(27-33(2,3)4)18(26-22)17-25-32(23,30-36(11,12)13)31-37(14,15)16/h18-22H,17H2,1-16H3/t18-,19-,20+,21+,22+/m1/s1. The van der Waals surface area contributed by atoms with E-state index in [2.05, 4.69) is 58.9 Å². The molecule has 1 aliphatic rings. The fourth-order valence-electron chi connectivity index (χ4n) is 3.74. The molecule has 1 fully saturated rings. The molecular formula is C22H55O9PSi5. The normalized spacial score (nSPS) is 27.0. The molecular weight excluding hydrogens is 580 g/mol. The van der Waals surface area contributed by atoms with Crippen molar-refractivity contribution in [2.45, 2.75) is 129 Å². The topological polar surface area (TPSA) is 90.9 Å². The van der Waals surface area contributed by atoms with Crippen molar-refractivity contribution in [1.29, 1.82) is 0 Å². The lowest BCUT2D eigenvalue weighted by Crippen LogP contribution is -2.66. The third-order valence-electron chi connectivity index (χ3n) is 4.46. The van der Waals surface area contributed by atoms with Crippen LogP contribution in [-0.2, 0) is 40.3 Å². The molecule has 9 nitrogen and oxygen atoms in total. The maximum absolute atomic E-state index is 13.8. The Morgan fingerprint density at radius 3 is 1.32 bits per heavy atom. The summed E-state index contributed by atoms with van der Waals surface area (Å²) in [5, 5.41) is 0. The second kappa shape index (κ2) is 12.9. The van der Waals surface area contributed by atoms with Gasteiger partial charge in [0.2, 0.25) is 0 Å². The van der Waals surface area contributed by atoms with Crippen LogP contribution < -0.4 is 0 Å². The first-order valence-corrected chi connectivity index (χ1v) is 31.6. The van der Waals surface area contributed by atoms with Crippen molar-refractivity contribution in [2.24, 2.45) is 0 Å². The van der Waals surface area contributed by atoms with E-state index in [0.717, 1.165) is 0 Å². The Kier molecular flexibility index (Phi) is 12.5. The van der Waals surface area contributed by atoms with E-state index in [0.29, 0.717) is 0 Å². The summed E-state index contributed by atoms with van der Waals surface area (Å²) in [6.07, 6.45) is -2.73. The summed E-state index contributed by atoms with van der Waals surface area (Å²) in [7, 11) is -12.9. The van der Waals surface area contributed by atoms with Crippen molar-refractivity contribution in [3.63, 3.8) is 0 Å². The molecule has 0 aromatic rings. The molecule has 0 aliphatic carbocycles. The van der Waals surface area contributed by atoms with Crippen LogP contribution in [-0.4, -0.2) is 86.0 Å². The molecule has 5 atom stereocenters. The van der Waals surface area contributed by atoms with Crippen molar-refractivity contribution in [3.05, 3.63) is 0 Å². The second-order valence-corrected chi connectivity index (χ2v) is 39.0. The van der Waals surface area contributed by atoms with Gasteiger partial charge in [0, 0.05) is 7.11 Å². The Hall–Kier alpha value is 0.994. The molecule has 0 aromatic heterocycles. The van der Waals surface area contributed by atoms with Gasteiger partial charge < -0.3 is 31.2 Å². The molecule has 0 radical (unpaired) electrons. The van der Waals surface area contributed by atoms with Gasteiger partial charge in [-0.2, -0.15) is 0 Å². The van der Waals surface area contributed by atoms with Crippen molar-refractivity contribution in [3.8, 4) is 0 Å². The zero-order chi connectivity index (χ0) is 29.3. The zero-order valence-electron chi connectivity index (χ0n) is 26.2. The van der Waals surface area contributed by atoms with Gasteiger partial charge in [-0.3, -0.25) is 4.52 Å². The highest BCUT2D eigenvalue weighted by Crippen LogP contribution is 2.54. The van der Waals surface area contributed by atoms with E-state index in [-0.39, 0.29) is 6.61 Å². The Labute approximate surface area is 231 Å². The Bertz CT molecular complexity index is 749. The van der Waals surface area contributed by atoms with Gasteiger partial charge in [-0.15, -0.1) is 0 Å². The van der Waals surface area contributed by atoms with Gasteiger partial charge in [0.25, 0.3) is 0 Å². The third-order valence-corrected chi connectivity index (χ3v) is 14.0. The SMILES string of the molecule is CO[C@H]1O[C@H](COP(=O)(O[Si](C)(C)C)O[Si](C)(C)C)[C@@H](O[Si](C)(C)C)[C@H](O[Si](C)(C)C)[C@@H]1O[Si](C)(C)C. The molecule has 1 saturated heterocycles. The minimum atomic E-state index is -3.84. The molecule has 37 heavy (non-hydrogen) atoms. The lowest BCUT2D eigenvalue weighted by molar-refractivity contribution is -0.283. The van der Waals surface area contributed by atoms with Crippen LogP contribution in [0.25, 0.3) is 0 Å². The highest BCUT2D eigenvalue weighted by molar-refractivity contribution is 7.52. The smallest absolute Gasteiger partial charge is 0.409 e. The van der Waals surface area contributed by atoms with Crippen LogP contribution in [0.3, 0.4) is 0 Å². The van der Waals surface area contributed by atoms with Gasteiger partial charge in [0.1, 0.15) is 24.4 Å². The van der Waals surface area contributed by atoms with Crippen LogP contribution in [0.5, 0.6) is 0 Å². The number of phosphoric acid groups is 1. The van der Waals surface area contributed by atoms with Gasteiger partial charge in [-0.1, -0.05) is 0 Å². The number of methoxy groups -OCH3 is 1. The summed E-state index contributed by atoms with van der Waals surface area (Å²) in [4.78, 5) is 0. The predicted octanol–water partition coefficient (Wildman–Crippen LogP) is 6.85. The summed E-state index contributed by atoms with van der Waals surface area (Å²) in [6, 6.07) is 0. The van der Waals surface area contributed by atoms with E-state index >= 15 is 0 Å². The minimum absolute atomic E-state index is 0.0491. The van der Waals surface area contributed by atoms with Crippen LogP contribution in [0.15, 0.2) is 0 Å². The van der Waals surface area contributed by atoms with E-state index in [1.165, 1.54) is 0 Å². The Morgan fingerprint density at radius 1 is 0.595 bits per heavy atom. The summed E-state index contributed by atoms with van der Waals surface area (Å²) in [5.74, 6) is 0. The van der Waals surface area contributed by atoms with Crippen LogP contribution >= 0.6 is 7.82 Å². The largest absolute Gasteiger partial charge is 0.455 e. The minimum Gasteiger partial charge on any atom is -0.409 e. The van der Waals surface area contributed by atoms with Crippen LogP contribution in [0.1, 0.15) is 0 Å². The third kappa shape index (κ3) is 14.4. The number of hydrogen-bond acceptors (Lipinski definition) is 9. The number of hydrogen-bond donors (Lipinski definition) is 0. The van der Waals surface area contributed by atoms with Crippen molar-refractivity contribution in [1.82, 2.24) is 0 Å². The monoisotopic (exact) mass is 634 g/mol. The second-order valence-electron chi connectivity index (χ2n) is 14.5. The van der Waals surface area contributed by atoms with Gasteiger partial charge in [-0.05, 0) is 98.2 Å². The molecule has 15 heteroatoms. The molecule has 0 bridgehead atoms. The van der Waals surface area contributed by atoms with Crippen LogP contribution in [0.2, 0.25) is 98.2 Å². The lowest BCUT2D eigenvalue weighted by Gasteiger charge is -2.50. The number of ether oxygens (including phenoxy) is 2. The highest BCUT2D eigenvalue weighted by atomic mass is 31.2. The first kappa shape index (κ1) is 36.0. The fourth-order valence-corrected chi connectivity index (χ4v) is 13.6. The van der Waals surface area contributed by atoms with Crippen LogP contribution in [0, 0.1) is 0 Å². The Morgan fingerprint density at radius 2 is 0.973 bits per heavy atom. The molecule has 0 saturated carbocycles. The highest BCUT2D eigenvalue weighted by Gasteiger charge is 2.52. The average molecular weight is 635 g/mol. The summed E-state index contributed by atoms with van der Waals surface area (Å²) >= 11 is 0. The van der Waals surface area contributed by atoms with Gasteiger partial charge in [0.15, 0.2) is 47.9 Å². The molecule has 0 spiro atoms. The predicted molar refractivity (Wildman–Crippen MR) is 163 cm³/mol. The Balaban J connectivity index is 3.47. The van der Waals surface area contributed by atoms with Gasteiger partial charge in [0.05, 0.1) is 6.61 Å². The molecule has 1 rings (SSSR count). The molecule has 1 heterocycles. The maximum atomic E-state index is 13.8. The number of rotatable bonds is 14.